The summed E-state index contributed by atoms with van der Waals surface area (Å²) in [5.41, 5.74) is 2.77. The molecule has 0 atom stereocenters. The molecule has 2 aromatic carbocycles. The van der Waals surface area contributed by atoms with Gasteiger partial charge in [0.15, 0.2) is 17.3 Å². The molecule has 0 fully saturated rings. The number of hydrogen-bond acceptors (Lipinski definition) is 4. The molecule has 0 aromatic heterocycles. The smallest absolute Gasteiger partial charge is 0.203 e. The minimum absolute atomic E-state index is 0.0540. The SMILES string of the molecule is COc1cc(C(C)=O)cc(OC)c1OCc1ccc(C)cc1. The molecule has 0 aliphatic heterocycles. The molecule has 0 aliphatic rings. The fourth-order valence-electron chi connectivity index (χ4n) is 2.07. The number of carbonyl (C=O) groups is 1. The first-order valence-electron chi connectivity index (χ1n) is 7.00. The molecule has 0 spiro atoms. The number of hydrogen-bond donors (Lipinski definition) is 0. The average Bonchev–Trinajstić information content (AvgIpc) is 2.53. The number of methoxy groups -OCH3 is 2. The van der Waals surface area contributed by atoms with Crippen molar-refractivity contribution in [3.8, 4) is 17.2 Å². The molecule has 0 saturated carbocycles. The molecule has 2 aromatic rings. The van der Waals surface area contributed by atoms with Crippen LogP contribution in [0.4, 0.5) is 0 Å². The second-order valence-electron chi connectivity index (χ2n) is 5.04. The van der Waals surface area contributed by atoms with E-state index in [9.17, 15) is 4.79 Å². The normalized spacial score (nSPS) is 10.2. The molecule has 4 heteroatoms. The molecule has 0 aliphatic carbocycles. The zero-order valence-electron chi connectivity index (χ0n) is 13.3. The van der Waals surface area contributed by atoms with Gasteiger partial charge in [-0.25, -0.2) is 0 Å². The number of aryl methyl sites for hydroxylation is 1. The molecule has 0 heterocycles. The summed E-state index contributed by atoms with van der Waals surface area (Å²) >= 11 is 0. The predicted octanol–water partition coefficient (Wildman–Crippen LogP) is 3.79. The lowest BCUT2D eigenvalue weighted by atomic mass is 10.1. The van der Waals surface area contributed by atoms with Gasteiger partial charge in [0.05, 0.1) is 14.2 Å². The summed E-state index contributed by atoms with van der Waals surface area (Å²) < 4.78 is 16.5. The summed E-state index contributed by atoms with van der Waals surface area (Å²) in [5.74, 6) is 1.41. The Morgan fingerprint density at radius 1 is 1.00 bits per heavy atom. The van der Waals surface area contributed by atoms with Crippen molar-refractivity contribution >= 4 is 5.78 Å². The quantitative estimate of drug-likeness (QED) is 0.761. The van der Waals surface area contributed by atoms with E-state index in [2.05, 4.69) is 0 Å². The van der Waals surface area contributed by atoms with Gasteiger partial charge >= 0.3 is 0 Å². The molecule has 116 valence electrons. The van der Waals surface area contributed by atoms with Crippen LogP contribution in [0.1, 0.15) is 28.4 Å². The van der Waals surface area contributed by atoms with Crippen molar-refractivity contribution in [2.75, 3.05) is 14.2 Å². The summed E-state index contributed by atoms with van der Waals surface area (Å²) in [5, 5.41) is 0. The van der Waals surface area contributed by atoms with Crippen LogP contribution in [0.3, 0.4) is 0 Å². The monoisotopic (exact) mass is 300 g/mol. The number of rotatable bonds is 6. The van der Waals surface area contributed by atoms with Crippen LogP contribution in [0.25, 0.3) is 0 Å². The van der Waals surface area contributed by atoms with Crippen molar-refractivity contribution < 1.29 is 19.0 Å². The summed E-state index contributed by atoms with van der Waals surface area (Å²) in [6.45, 7) is 3.94. The van der Waals surface area contributed by atoms with E-state index < -0.39 is 0 Å². The zero-order valence-corrected chi connectivity index (χ0v) is 13.3. The van der Waals surface area contributed by atoms with E-state index in [0.29, 0.717) is 29.4 Å². The van der Waals surface area contributed by atoms with Gasteiger partial charge in [-0.15, -0.1) is 0 Å². The molecular formula is C18H20O4. The fourth-order valence-corrected chi connectivity index (χ4v) is 2.07. The maximum absolute atomic E-state index is 11.6. The molecule has 0 radical (unpaired) electrons. The first kappa shape index (κ1) is 15.9. The molecule has 0 amide bonds. The van der Waals surface area contributed by atoms with Gasteiger partial charge in [-0.1, -0.05) is 29.8 Å². The van der Waals surface area contributed by atoms with Crippen LogP contribution in [0.5, 0.6) is 17.2 Å². The van der Waals surface area contributed by atoms with E-state index in [1.807, 2.05) is 31.2 Å². The van der Waals surface area contributed by atoms with Gasteiger partial charge in [-0.05, 0) is 31.5 Å². The Balaban J connectivity index is 2.28. The average molecular weight is 300 g/mol. The van der Waals surface area contributed by atoms with Crippen LogP contribution < -0.4 is 14.2 Å². The van der Waals surface area contributed by atoms with Crippen LogP contribution in [-0.4, -0.2) is 20.0 Å². The van der Waals surface area contributed by atoms with E-state index in [-0.39, 0.29) is 5.78 Å². The van der Waals surface area contributed by atoms with Gasteiger partial charge in [-0.3, -0.25) is 4.79 Å². The topological polar surface area (TPSA) is 44.8 Å². The second kappa shape index (κ2) is 6.98. The van der Waals surface area contributed by atoms with Crippen molar-refractivity contribution in [3.05, 3.63) is 53.1 Å². The van der Waals surface area contributed by atoms with Gasteiger partial charge in [-0.2, -0.15) is 0 Å². The minimum Gasteiger partial charge on any atom is -0.493 e. The Hall–Kier alpha value is -2.49. The third-order valence-electron chi connectivity index (χ3n) is 3.37. The standard InChI is InChI=1S/C18H20O4/c1-12-5-7-14(8-6-12)11-22-18-16(20-3)9-15(13(2)19)10-17(18)21-4/h5-10H,11H2,1-4H3. The molecule has 0 unspecified atom stereocenters. The Morgan fingerprint density at radius 3 is 2.00 bits per heavy atom. The fraction of sp³-hybridized carbons (Fsp3) is 0.278. The first-order valence-corrected chi connectivity index (χ1v) is 7.00. The van der Waals surface area contributed by atoms with Gasteiger partial charge in [0, 0.05) is 5.56 Å². The van der Waals surface area contributed by atoms with Crippen LogP contribution in [0.2, 0.25) is 0 Å². The van der Waals surface area contributed by atoms with E-state index in [0.717, 1.165) is 5.56 Å². The van der Waals surface area contributed by atoms with Crippen molar-refractivity contribution in [1.29, 1.82) is 0 Å². The Morgan fingerprint density at radius 2 is 1.55 bits per heavy atom. The van der Waals surface area contributed by atoms with E-state index in [1.54, 1.807) is 12.1 Å². The Bertz CT molecular complexity index is 634. The van der Waals surface area contributed by atoms with E-state index >= 15 is 0 Å². The molecular weight excluding hydrogens is 280 g/mol. The van der Waals surface area contributed by atoms with Crippen LogP contribution in [-0.2, 0) is 6.61 Å². The van der Waals surface area contributed by atoms with E-state index in [1.165, 1.54) is 26.7 Å². The molecule has 0 N–H and O–H groups in total. The largest absolute Gasteiger partial charge is 0.493 e. The lowest BCUT2D eigenvalue weighted by Crippen LogP contribution is -2.02. The van der Waals surface area contributed by atoms with Gasteiger partial charge in [0.25, 0.3) is 0 Å². The third-order valence-corrected chi connectivity index (χ3v) is 3.37. The highest BCUT2D eigenvalue weighted by Crippen LogP contribution is 2.39. The lowest BCUT2D eigenvalue weighted by Gasteiger charge is -2.15. The summed E-state index contributed by atoms with van der Waals surface area (Å²) in [6.07, 6.45) is 0. The first-order chi connectivity index (χ1) is 10.5. The van der Waals surface area contributed by atoms with Crippen molar-refractivity contribution in [1.82, 2.24) is 0 Å². The number of ketones is 1. The highest BCUT2D eigenvalue weighted by atomic mass is 16.5. The molecule has 0 bridgehead atoms. The van der Waals surface area contributed by atoms with E-state index in [4.69, 9.17) is 14.2 Å². The van der Waals surface area contributed by atoms with Gasteiger partial charge < -0.3 is 14.2 Å². The van der Waals surface area contributed by atoms with Crippen molar-refractivity contribution in [2.24, 2.45) is 0 Å². The number of benzene rings is 2. The van der Waals surface area contributed by atoms with Gasteiger partial charge in [0.1, 0.15) is 6.61 Å². The van der Waals surface area contributed by atoms with Gasteiger partial charge in [0.2, 0.25) is 5.75 Å². The summed E-state index contributed by atoms with van der Waals surface area (Å²) in [4.78, 5) is 11.6. The maximum atomic E-state index is 11.6. The molecule has 4 nitrogen and oxygen atoms in total. The van der Waals surface area contributed by atoms with Crippen molar-refractivity contribution in [2.45, 2.75) is 20.5 Å². The minimum atomic E-state index is -0.0540. The predicted molar refractivity (Wildman–Crippen MR) is 85.1 cm³/mol. The van der Waals surface area contributed by atoms with Crippen LogP contribution in [0, 0.1) is 6.92 Å². The number of carbonyl (C=O) groups excluding carboxylic acids is 1. The highest BCUT2D eigenvalue weighted by Gasteiger charge is 2.16. The number of ether oxygens (including phenoxy) is 3. The maximum Gasteiger partial charge on any atom is 0.203 e. The lowest BCUT2D eigenvalue weighted by molar-refractivity contribution is 0.101. The molecule has 22 heavy (non-hydrogen) atoms. The highest BCUT2D eigenvalue weighted by molar-refractivity contribution is 5.95. The third kappa shape index (κ3) is 3.58. The Labute approximate surface area is 130 Å². The summed E-state index contributed by atoms with van der Waals surface area (Å²) in [6, 6.07) is 11.4. The second-order valence-corrected chi connectivity index (χ2v) is 5.04. The number of Topliss-reactive ketones (excluding diaryl/α,β-unsaturated/α-hetero) is 1. The molecule has 0 saturated heterocycles. The summed E-state index contributed by atoms with van der Waals surface area (Å²) in [7, 11) is 3.08. The Kier molecular flexibility index (Phi) is 5.04. The van der Waals surface area contributed by atoms with Crippen molar-refractivity contribution in [3.63, 3.8) is 0 Å². The van der Waals surface area contributed by atoms with Crippen LogP contribution in [0.15, 0.2) is 36.4 Å². The molecule has 2 rings (SSSR count). The zero-order chi connectivity index (χ0) is 16.1. The van der Waals surface area contributed by atoms with Crippen LogP contribution >= 0.6 is 0 Å².